The van der Waals surface area contributed by atoms with Crippen LogP contribution in [0.15, 0.2) is 51.9 Å². The lowest BCUT2D eigenvalue weighted by Crippen LogP contribution is -2.24. The molecule has 0 aliphatic heterocycles. The second-order valence-electron chi connectivity index (χ2n) is 9.23. The predicted molar refractivity (Wildman–Crippen MR) is 139 cm³/mol. The predicted octanol–water partition coefficient (Wildman–Crippen LogP) is 5.46. The molecular formula is C27H25BrF2N4O3. The maximum atomic E-state index is 14.0. The summed E-state index contributed by atoms with van der Waals surface area (Å²) in [7, 11) is 0. The van der Waals surface area contributed by atoms with E-state index in [0.717, 1.165) is 28.8 Å². The van der Waals surface area contributed by atoms with Gasteiger partial charge in [-0.15, -0.1) is 0 Å². The summed E-state index contributed by atoms with van der Waals surface area (Å²) >= 11 is 3.27. The van der Waals surface area contributed by atoms with Crippen molar-refractivity contribution in [1.29, 1.82) is 0 Å². The molecular weight excluding hydrogens is 546 g/mol. The maximum Gasteiger partial charge on any atom is 0.276 e. The Morgan fingerprint density at radius 3 is 2.46 bits per heavy atom. The van der Waals surface area contributed by atoms with Crippen LogP contribution in [0.2, 0.25) is 0 Å². The Kier molecular flexibility index (Phi) is 7.25. The Hall–Kier alpha value is -3.50. The third-order valence-electron chi connectivity index (χ3n) is 5.79. The van der Waals surface area contributed by atoms with Gasteiger partial charge in [-0.25, -0.2) is 18.7 Å². The van der Waals surface area contributed by atoms with Crippen LogP contribution in [0.25, 0.3) is 16.9 Å². The first-order chi connectivity index (χ1) is 17.4. The van der Waals surface area contributed by atoms with Gasteiger partial charge in [0.15, 0.2) is 5.82 Å². The van der Waals surface area contributed by atoms with Crippen molar-refractivity contribution < 1.29 is 18.6 Å². The van der Waals surface area contributed by atoms with Crippen molar-refractivity contribution in [2.75, 3.05) is 0 Å². The molecule has 1 N–H and O–H groups in total. The molecule has 0 saturated heterocycles. The zero-order valence-electron chi connectivity index (χ0n) is 20.9. The van der Waals surface area contributed by atoms with E-state index in [9.17, 15) is 18.7 Å². The van der Waals surface area contributed by atoms with Crippen LogP contribution in [-0.4, -0.2) is 24.6 Å². The van der Waals surface area contributed by atoms with Crippen molar-refractivity contribution in [2.24, 2.45) is 0 Å². The van der Waals surface area contributed by atoms with Crippen LogP contribution in [-0.2, 0) is 12.2 Å². The van der Waals surface area contributed by atoms with Gasteiger partial charge in [-0.2, -0.15) is 4.98 Å². The summed E-state index contributed by atoms with van der Waals surface area (Å²) in [5.74, 6) is -0.809. The van der Waals surface area contributed by atoms with Gasteiger partial charge >= 0.3 is 0 Å². The highest BCUT2D eigenvalue weighted by Crippen LogP contribution is 2.29. The molecule has 0 unspecified atom stereocenters. The maximum absolute atomic E-state index is 14.0. The minimum absolute atomic E-state index is 0.00209. The molecule has 192 valence electrons. The van der Waals surface area contributed by atoms with Crippen LogP contribution >= 0.6 is 15.9 Å². The quantitative estimate of drug-likeness (QED) is 0.331. The highest BCUT2D eigenvalue weighted by Gasteiger charge is 2.22. The number of hydrogen-bond donors (Lipinski definition) is 1. The van der Waals surface area contributed by atoms with Crippen LogP contribution in [0.3, 0.4) is 0 Å². The van der Waals surface area contributed by atoms with Crippen LogP contribution in [0.1, 0.15) is 42.2 Å². The number of aromatic nitrogens is 4. The first-order valence-corrected chi connectivity index (χ1v) is 12.2. The Morgan fingerprint density at radius 2 is 1.78 bits per heavy atom. The van der Waals surface area contributed by atoms with E-state index in [2.05, 4.69) is 30.9 Å². The van der Waals surface area contributed by atoms with Gasteiger partial charge in [-0.1, -0.05) is 12.1 Å². The summed E-state index contributed by atoms with van der Waals surface area (Å²) < 4.78 is 34.3. The van der Waals surface area contributed by atoms with Gasteiger partial charge in [0.1, 0.15) is 34.1 Å². The van der Waals surface area contributed by atoms with Gasteiger partial charge in [0.05, 0.1) is 11.4 Å². The fourth-order valence-corrected chi connectivity index (χ4v) is 4.15. The fourth-order valence-electron chi connectivity index (χ4n) is 3.77. The molecule has 0 aliphatic carbocycles. The number of benzene rings is 2. The fraction of sp³-hybridized carbons (Fsp3) is 0.259. The molecule has 0 radical (unpaired) electrons. The van der Waals surface area contributed by atoms with Crippen molar-refractivity contribution >= 4 is 15.9 Å². The molecule has 2 aromatic heterocycles. The molecule has 0 fully saturated rings. The Labute approximate surface area is 221 Å². The number of rotatable bonds is 6. The monoisotopic (exact) mass is 570 g/mol. The molecule has 0 aliphatic rings. The molecule has 7 nitrogen and oxygen atoms in total. The van der Waals surface area contributed by atoms with Gasteiger partial charge in [0.2, 0.25) is 5.88 Å². The van der Waals surface area contributed by atoms with Gasteiger partial charge in [-0.3, -0.25) is 9.36 Å². The van der Waals surface area contributed by atoms with Gasteiger partial charge in [0.25, 0.3) is 5.56 Å². The lowest BCUT2D eigenvalue weighted by atomic mass is 10.0. The number of hydrogen-bond acceptors (Lipinski definition) is 6. The largest absolute Gasteiger partial charge is 0.472 e. The normalized spacial score (nSPS) is 11.6. The summed E-state index contributed by atoms with van der Waals surface area (Å²) in [4.78, 5) is 26.6. The molecule has 0 atom stereocenters. The second-order valence-corrected chi connectivity index (χ2v) is 10.0. The SMILES string of the molecule is Cc1ccc(-c2nc(C(C)(C)O)ncc2C)cc1-n1c(C)nc(OCc2ccc(F)cc2F)c(Br)c1=O. The van der Waals surface area contributed by atoms with E-state index >= 15 is 0 Å². The van der Waals surface area contributed by atoms with Crippen LogP contribution in [0.4, 0.5) is 8.78 Å². The molecule has 0 saturated carbocycles. The Bertz CT molecular complexity index is 1570. The molecule has 37 heavy (non-hydrogen) atoms. The first kappa shape index (κ1) is 26.6. The number of aryl methyl sites for hydroxylation is 3. The van der Waals surface area contributed by atoms with Gasteiger partial charge in [0, 0.05) is 23.4 Å². The van der Waals surface area contributed by atoms with E-state index in [1.54, 1.807) is 27.0 Å². The highest BCUT2D eigenvalue weighted by atomic mass is 79.9. The minimum Gasteiger partial charge on any atom is -0.472 e. The summed E-state index contributed by atoms with van der Waals surface area (Å²) in [6.45, 7) is 8.40. The molecule has 0 spiro atoms. The lowest BCUT2D eigenvalue weighted by Gasteiger charge is -2.18. The topological polar surface area (TPSA) is 90.1 Å². The summed E-state index contributed by atoms with van der Waals surface area (Å²) in [5.41, 5.74) is 2.08. The molecule has 2 aromatic carbocycles. The van der Waals surface area contributed by atoms with Crippen molar-refractivity contribution in [3.63, 3.8) is 0 Å². The molecule has 4 aromatic rings. The summed E-state index contributed by atoms with van der Waals surface area (Å²) in [5, 5.41) is 10.4. The van der Waals surface area contributed by atoms with Crippen molar-refractivity contribution in [3.05, 3.63) is 97.4 Å². The molecule has 0 bridgehead atoms. The second kappa shape index (κ2) is 10.1. The van der Waals surface area contributed by atoms with Crippen molar-refractivity contribution in [2.45, 2.75) is 46.8 Å². The number of halogens is 3. The van der Waals surface area contributed by atoms with Crippen LogP contribution < -0.4 is 10.3 Å². The number of nitrogens with zero attached hydrogens (tertiary/aromatic N) is 4. The molecule has 4 rings (SSSR count). The molecule has 10 heteroatoms. The Balaban J connectivity index is 1.75. The van der Waals surface area contributed by atoms with E-state index < -0.39 is 22.8 Å². The standard InChI is InChI=1S/C27H25BrF2N4O3/c1-14-6-7-17(23-15(2)12-31-26(33-23)27(4,5)36)10-21(14)34-16(3)32-24(22(28)25(34)35)37-13-18-8-9-19(29)11-20(18)30/h6-12,36H,13H2,1-5H3. The highest BCUT2D eigenvalue weighted by molar-refractivity contribution is 9.10. The number of aliphatic hydroxyl groups is 1. The van der Waals surface area contributed by atoms with E-state index in [0.29, 0.717) is 17.2 Å². The van der Waals surface area contributed by atoms with E-state index in [1.165, 1.54) is 10.6 Å². The molecule has 2 heterocycles. The third-order valence-corrected chi connectivity index (χ3v) is 6.47. The third kappa shape index (κ3) is 5.45. The zero-order valence-corrected chi connectivity index (χ0v) is 22.5. The smallest absolute Gasteiger partial charge is 0.276 e. The van der Waals surface area contributed by atoms with Gasteiger partial charge in [-0.05, 0) is 79.9 Å². The van der Waals surface area contributed by atoms with E-state index in [4.69, 9.17) is 4.74 Å². The average Bonchev–Trinajstić information content (AvgIpc) is 2.82. The van der Waals surface area contributed by atoms with Crippen molar-refractivity contribution in [1.82, 2.24) is 19.5 Å². The Morgan fingerprint density at radius 1 is 1.05 bits per heavy atom. The van der Waals surface area contributed by atoms with E-state index in [1.807, 2.05) is 32.0 Å². The number of ether oxygens (including phenoxy) is 1. The minimum atomic E-state index is -1.22. The average molecular weight is 571 g/mol. The van der Waals surface area contributed by atoms with Crippen LogP contribution in [0.5, 0.6) is 5.88 Å². The lowest BCUT2D eigenvalue weighted by molar-refractivity contribution is 0.0688. The first-order valence-electron chi connectivity index (χ1n) is 11.4. The van der Waals surface area contributed by atoms with Gasteiger partial charge < -0.3 is 9.84 Å². The molecule has 0 amide bonds. The van der Waals surface area contributed by atoms with E-state index in [-0.39, 0.29) is 28.3 Å². The zero-order chi connectivity index (χ0) is 27.1. The van der Waals surface area contributed by atoms with Crippen LogP contribution in [0, 0.1) is 32.4 Å². The van der Waals surface area contributed by atoms with Crippen molar-refractivity contribution in [3.8, 4) is 22.8 Å². The summed E-state index contributed by atoms with van der Waals surface area (Å²) in [6, 6.07) is 8.77. The summed E-state index contributed by atoms with van der Waals surface area (Å²) in [6.07, 6.45) is 1.65.